The highest BCUT2D eigenvalue weighted by Crippen LogP contribution is 2.43. The minimum atomic E-state index is -0.653. The number of fused-ring (bicyclic) bond motifs is 2. The van der Waals surface area contributed by atoms with Gasteiger partial charge in [0.05, 0.1) is 25.2 Å². The van der Waals surface area contributed by atoms with Crippen molar-refractivity contribution in [2.45, 2.75) is 37.4 Å². The molecule has 1 amide bonds. The maximum atomic E-state index is 13.6. The largest absolute Gasteiger partial charge is 0.481 e. The lowest BCUT2D eigenvalue weighted by atomic mass is 9.84. The minimum Gasteiger partial charge on any atom is -0.481 e. The van der Waals surface area contributed by atoms with Crippen LogP contribution in [-0.4, -0.2) is 71.0 Å². The molecule has 0 N–H and O–H groups in total. The molecule has 5 heterocycles. The minimum absolute atomic E-state index is 0.112. The zero-order valence-electron chi connectivity index (χ0n) is 21.6. The quantitative estimate of drug-likeness (QED) is 0.417. The van der Waals surface area contributed by atoms with E-state index in [0.717, 1.165) is 50.0 Å². The molecule has 2 aliphatic heterocycles. The summed E-state index contributed by atoms with van der Waals surface area (Å²) in [5.74, 6) is -1.39. The van der Waals surface area contributed by atoms with Crippen LogP contribution in [0.2, 0.25) is 0 Å². The number of halogens is 2. The van der Waals surface area contributed by atoms with Crippen LogP contribution in [0.5, 0.6) is 5.88 Å². The molecule has 3 aromatic heterocycles. The van der Waals surface area contributed by atoms with Crippen LogP contribution in [-0.2, 0) is 21.7 Å². The Bertz CT molecular complexity index is 1260. The van der Waals surface area contributed by atoms with Crippen molar-refractivity contribution in [3.8, 4) is 5.88 Å². The molecule has 1 unspecified atom stereocenters. The Morgan fingerprint density at radius 1 is 1.08 bits per heavy atom. The zero-order valence-corrected chi connectivity index (χ0v) is 21.6. The summed E-state index contributed by atoms with van der Waals surface area (Å²) < 4.78 is 38.3. The third-order valence-electron chi connectivity index (χ3n) is 7.59. The van der Waals surface area contributed by atoms with Gasteiger partial charge in [-0.25, -0.2) is 15.0 Å². The highest BCUT2D eigenvalue weighted by atomic mass is 19.1. The molecule has 8 nitrogen and oxygen atoms in total. The monoisotopic (exact) mass is 523 g/mol. The van der Waals surface area contributed by atoms with Gasteiger partial charge in [-0.1, -0.05) is 12.1 Å². The van der Waals surface area contributed by atoms with E-state index in [1.165, 1.54) is 25.4 Å². The van der Waals surface area contributed by atoms with Crippen molar-refractivity contribution in [3.63, 3.8) is 0 Å². The average Bonchev–Trinajstić information content (AvgIpc) is 3.28. The van der Waals surface area contributed by atoms with Crippen molar-refractivity contribution in [2.24, 2.45) is 0 Å². The number of aromatic nitrogens is 3. The maximum Gasteiger partial charge on any atom is 0.234 e. The van der Waals surface area contributed by atoms with Crippen LogP contribution in [0.3, 0.4) is 0 Å². The molecule has 1 saturated heterocycles. The van der Waals surface area contributed by atoms with Crippen LogP contribution >= 0.6 is 0 Å². The van der Waals surface area contributed by atoms with Crippen molar-refractivity contribution in [3.05, 3.63) is 83.1 Å². The Kier molecular flexibility index (Phi) is 7.62. The lowest BCUT2D eigenvalue weighted by molar-refractivity contribution is -0.130. The third kappa shape index (κ3) is 5.37. The number of carbonyl (C=O) groups is 1. The van der Waals surface area contributed by atoms with Crippen LogP contribution in [0.4, 0.5) is 8.78 Å². The highest BCUT2D eigenvalue weighted by molar-refractivity contribution is 5.86. The van der Waals surface area contributed by atoms with Crippen LogP contribution in [0.15, 0.2) is 48.9 Å². The maximum absolute atomic E-state index is 13.6. The summed E-state index contributed by atoms with van der Waals surface area (Å²) in [6.45, 7) is 3.55. The number of piperidine rings is 1. The fourth-order valence-electron chi connectivity index (χ4n) is 5.42. The summed E-state index contributed by atoms with van der Waals surface area (Å²) in [5, 5.41) is 0. The van der Waals surface area contributed by atoms with E-state index >= 15 is 0 Å². The third-order valence-corrected chi connectivity index (χ3v) is 7.59. The highest BCUT2D eigenvalue weighted by Gasteiger charge is 2.43. The van der Waals surface area contributed by atoms with Crippen LogP contribution in [0, 0.1) is 11.9 Å². The molecule has 1 spiro atoms. The molecular weight excluding hydrogens is 492 g/mol. The Labute approximate surface area is 220 Å². The van der Waals surface area contributed by atoms with Gasteiger partial charge in [0.1, 0.15) is 0 Å². The van der Waals surface area contributed by atoms with Gasteiger partial charge in [0.25, 0.3) is 0 Å². The molecule has 5 rings (SSSR count). The van der Waals surface area contributed by atoms with E-state index < -0.39 is 17.8 Å². The molecule has 10 heteroatoms. The van der Waals surface area contributed by atoms with Crippen LogP contribution < -0.4 is 4.74 Å². The van der Waals surface area contributed by atoms with Gasteiger partial charge in [0, 0.05) is 56.9 Å². The lowest BCUT2D eigenvalue weighted by Crippen LogP contribution is -2.43. The summed E-state index contributed by atoms with van der Waals surface area (Å²) >= 11 is 0. The number of ether oxygens (including phenoxy) is 2. The number of hydrogen-bond acceptors (Lipinski definition) is 7. The molecule has 38 heavy (non-hydrogen) atoms. The molecule has 200 valence electrons. The van der Waals surface area contributed by atoms with E-state index in [4.69, 9.17) is 9.47 Å². The number of nitrogens with zero attached hydrogens (tertiary/aromatic N) is 5. The van der Waals surface area contributed by atoms with E-state index in [-0.39, 0.29) is 11.5 Å². The second-order valence-electron chi connectivity index (χ2n) is 9.88. The second kappa shape index (κ2) is 11.1. The van der Waals surface area contributed by atoms with Gasteiger partial charge >= 0.3 is 0 Å². The number of rotatable bonds is 8. The summed E-state index contributed by atoms with van der Waals surface area (Å²) in [6.07, 6.45) is 7.08. The number of likely N-dealkylation sites (tertiary alicyclic amines) is 1. The summed E-state index contributed by atoms with van der Waals surface area (Å²) in [4.78, 5) is 29.5. The van der Waals surface area contributed by atoms with Crippen molar-refractivity contribution >= 4 is 5.91 Å². The van der Waals surface area contributed by atoms with Gasteiger partial charge < -0.3 is 19.3 Å². The first-order chi connectivity index (χ1) is 18.4. The van der Waals surface area contributed by atoms with Crippen molar-refractivity contribution in [1.29, 1.82) is 0 Å². The first kappa shape index (κ1) is 26.1. The van der Waals surface area contributed by atoms with E-state index in [2.05, 4.69) is 19.9 Å². The van der Waals surface area contributed by atoms with Crippen molar-refractivity contribution in [1.82, 2.24) is 24.8 Å². The number of amides is 1. The number of methoxy groups -OCH3 is 1. The summed E-state index contributed by atoms with van der Waals surface area (Å²) in [7, 11) is 3.31. The number of likely N-dealkylation sites (N-methyl/N-ethyl adjacent to an activating group) is 1. The predicted octanol–water partition coefficient (Wildman–Crippen LogP) is 3.66. The van der Waals surface area contributed by atoms with Gasteiger partial charge in [-0.15, -0.1) is 0 Å². The van der Waals surface area contributed by atoms with E-state index in [1.54, 1.807) is 42.5 Å². The zero-order chi connectivity index (χ0) is 26.7. The van der Waals surface area contributed by atoms with Crippen molar-refractivity contribution < 1.29 is 23.0 Å². The molecule has 1 atom stereocenters. The fraction of sp³-hybridized carbons (Fsp3) is 0.429. The molecule has 1 fully saturated rings. The molecule has 3 aromatic rings. The number of pyridine rings is 3. The molecule has 0 aliphatic carbocycles. The summed E-state index contributed by atoms with van der Waals surface area (Å²) in [6, 6.07) is 7.81. The molecule has 0 aromatic carbocycles. The fourth-order valence-corrected chi connectivity index (χ4v) is 5.42. The van der Waals surface area contributed by atoms with E-state index in [0.29, 0.717) is 30.2 Å². The standard InChI is InChI=1S/C28H31F2N5O3/c1-34(27(36)26(19-4-6-23(29)31-15-19)20-5-7-25(37-2)33-16-20)10-3-11-35-12-8-28(9-13-35)22-17-32-24(30)14-21(22)18-38-28/h4-7,14-17,26H,3,8-13,18H2,1-2H3. The molecule has 0 saturated carbocycles. The second-order valence-corrected chi connectivity index (χ2v) is 9.88. The first-order valence-corrected chi connectivity index (χ1v) is 12.8. The van der Waals surface area contributed by atoms with E-state index in [9.17, 15) is 13.6 Å². The Morgan fingerprint density at radius 2 is 1.79 bits per heavy atom. The van der Waals surface area contributed by atoms with Crippen LogP contribution in [0.1, 0.15) is 47.4 Å². The average molecular weight is 524 g/mol. The van der Waals surface area contributed by atoms with Crippen LogP contribution in [0.25, 0.3) is 0 Å². The Hall–Kier alpha value is -3.50. The Balaban J connectivity index is 1.18. The van der Waals surface area contributed by atoms with Gasteiger partial charge in [-0.05, 0) is 54.6 Å². The molecule has 0 bridgehead atoms. The molecule has 0 radical (unpaired) electrons. The lowest BCUT2D eigenvalue weighted by Gasteiger charge is -2.39. The Morgan fingerprint density at radius 3 is 2.45 bits per heavy atom. The first-order valence-electron chi connectivity index (χ1n) is 12.8. The smallest absolute Gasteiger partial charge is 0.234 e. The van der Waals surface area contributed by atoms with Crippen molar-refractivity contribution in [2.75, 3.05) is 40.3 Å². The predicted molar refractivity (Wildman–Crippen MR) is 135 cm³/mol. The van der Waals surface area contributed by atoms with Gasteiger partial charge in [-0.3, -0.25) is 4.79 Å². The topological polar surface area (TPSA) is 80.7 Å². The molecule has 2 aliphatic rings. The normalized spacial score (nSPS) is 17.3. The van der Waals surface area contributed by atoms with E-state index in [1.807, 2.05) is 0 Å². The van der Waals surface area contributed by atoms with Gasteiger partial charge in [0.2, 0.25) is 23.7 Å². The number of carbonyl (C=O) groups excluding carboxylic acids is 1. The van der Waals surface area contributed by atoms with Gasteiger partial charge in [0.15, 0.2) is 0 Å². The number of hydrogen-bond donors (Lipinski definition) is 0. The molecular formula is C28H31F2N5O3. The summed E-state index contributed by atoms with van der Waals surface area (Å²) in [5.41, 5.74) is 2.82. The SMILES string of the molecule is COc1ccc(C(C(=O)N(C)CCCN2CCC3(CC2)OCc2cc(F)ncc23)c2ccc(F)nc2)cn1. The van der Waals surface area contributed by atoms with Gasteiger partial charge in [-0.2, -0.15) is 8.78 Å².